The van der Waals surface area contributed by atoms with Crippen molar-refractivity contribution in [3.63, 3.8) is 0 Å². The topological polar surface area (TPSA) is 29.9 Å². The molecule has 0 saturated heterocycles. The maximum Gasteiger partial charge on any atom is 0.124 e. The minimum Gasteiger partial charge on any atom is -0.329 e. The van der Waals surface area contributed by atoms with Gasteiger partial charge in [0.2, 0.25) is 0 Å². The van der Waals surface area contributed by atoms with Crippen LogP contribution >= 0.6 is 15.9 Å². The molecule has 19 heavy (non-hydrogen) atoms. The molecule has 0 saturated carbocycles. The Bertz CT molecular complexity index is 551. The number of imidazole rings is 1. The number of nitrogens with one attached hydrogen (secondary N) is 1. The Balaban J connectivity index is 2.12. The molecule has 0 atom stereocenters. The van der Waals surface area contributed by atoms with Crippen molar-refractivity contribution in [1.82, 2.24) is 14.9 Å². The number of benzene rings is 1. The van der Waals surface area contributed by atoms with Crippen molar-refractivity contribution in [2.75, 3.05) is 0 Å². The number of nitrogens with zero attached hydrogens (tertiary/aromatic N) is 2. The first kappa shape index (κ1) is 14.2. The smallest absolute Gasteiger partial charge is 0.124 e. The second kappa shape index (κ2) is 6.30. The number of rotatable bonds is 5. The Hall–Kier alpha value is -1.20. The molecule has 1 N–H and O–H groups in total. The van der Waals surface area contributed by atoms with E-state index in [1.165, 1.54) is 12.1 Å². The van der Waals surface area contributed by atoms with E-state index in [-0.39, 0.29) is 5.82 Å². The summed E-state index contributed by atoms with van der Waals surface area (Å²) in [5.74, 6) is 0.743. The van der Waals surface area contributed by atoms with Gasteiger partial charge in [-0.2, -0.15) is 0 Å². The lowest BCUT2D eigenvalue weighted by Gasteiger charge is -2.12. The molecule has 0 unspecified atom stereocenters. The summed E-state index contributed by atoms with van der Waals surface area (Å²) < 4.78 is 15.9. The fraction of sp³-hybridized carbons (Fsp3) is 0.357. The molecule has 0 aliphatic carbocycles. The largest absolute Gasteiger partial charge is 0.329 e. The molecule has 0 amide bonds. The highest BCUT2D eigenvalue weighted by Crippen LogP contribution is 2.19. The third-order valence-corrected chi connectivity index (χ3v) is 3.56. The Morgan fingerprint density at radius 3 is 2.89 bits per heavy atom. The fourth-order valence-electron chi connectivity index (χ4n) is 1.78. The van der Waals surface area contributed by atoms with E-state index in [1.54, 1.807) is 12.3 Å². The van der Waals surface area contributed by atoms with E-state index >= 15 is 0 Å². The maximum absolute atomic E-state index is 13.1. The highest BCUT2D eigenvalue weighted by Gasteiger charge is 2.07. The van der Waals surface area contributed by atoms with Gasteiger partial charge >= 0.3 is 0 Å². The Morgan fingerprint density at radius 1 is 1.42 bits per heavy atom. The highest BCUT2D eigenvalue weighted by molar-refractivity contribution is 9.10. The zero-order chi connectivity index (χ0) is 13.8. The number of hydrogen-bond acceptors (Lipinski definition) is 2. The van der Waals surface area contributed by atoms with Crippen molar-refractivity contribution in [1.29, 1.82) is 0 Å². The average Bonchev–Trinajstić information content (AvgIpc) is 2.77. The quantitative estimate of drug-likeness (QED) is 0.913. The van der Waals surface area contributed by atoms with Crippen LogP contribution in [-0.2, 0) is 13.1 Å². The van der Waals surface area contributed by atoms with Crippen LogP contribution in [0.5, 0.6) is 0 Å². The van der Waals surface area contributed by atoms with Gasteiger partial charge in [-0.1, -0.05) is 35.8 Å². The van der Waals surface area contributed by atoms with Crippen LogP contribution in [0.15, 0.2) is 35.1 Å². The van der Waals surface area contributed by atoms with Gasteiger partial charge in [0, 0.05) is 29.5 Å². The van der Waals surface area contributed by atoms with E-state index in [9.17, 15) is 4.39 Å². The molecule has 2 rings (SSSR count). The van der Waals surface area contributed by atoms with Gasteiger partial charge in [-0.05, 0) is 17.7 Å². The molecule has 0 aliphatic rings. The van der Waals surface area contributed by atoms with Crippen LogP contribution in [0.1, 0.15) is 25.2 Å². The SMILES string of the molecule is CC(C)NCc1nccn1Cc1ccc(F)cc1Br. The third kappa shape index (κ3) is 3.88. The molecule has 1 aromatic heterocycles. The van der Waals surface area contributed by atoms with Gasteiger partial charge in [-0.15, -0.1) is 0 Å². The molecule has 2 aromatic rings. The molecule has 0 bridgehead atoms. The van der Waals surface area contributed by atoms with Gasteiger partial charge in [-0.25, -0.2) is 9.37 Å². The Labute approximate surface area is 121 Å². The molecule has 0 aliphatic heterocycles. The van der Waals surface area contributed by atoms with Crippen LogP contribution < -0.4 is 5.32 Å². The second-order valence-electron chi connectivity index (χ2n) is 4.74. The standard InChI is InChI=1S/C14H17BrFN3/c1-10(2)18-8-14-17-5-6-19(14)9-11-3-4-12(16)7-13(11)15/h3-7,10,18H,8-9H2,1-2H3. The van der Waals surface area contributed by atoms with Crippen molar-refractivity contribution >= 4 is 15.9 Å². The molecule has 0 spiro atoms. The summed E-state index contributed by atoms with van der Waals surface area (Å²) in [4.78, 5) is 4.34. The second-order valence-corrected chi connectivity index (χ2v) is 5.60. The molecule has 0 radical (unpaired) electrons. The molecule has 102 valence electrons. The highest BCUT2D eigenvalue weighted by atomic mass is 79.9. The Kier molecular flexibility index (Phi) is 4.71. The van der Waals surface area contributed by atoms with Gasteiger partial charge in [0.05, 0.1) is 6.54 Å². The van der Waals surface area contributed by atoms with Gasteiger partial charge in [0.25, 0.3) is 0 Å². The zero-order valence-electron chi connectivity index (χ0n) is 11.0. The average molecular weight is 326 g/mol. The van der Waals surface area contributed by atoms with E-state index in [4.69, 9.17) is 0 Å². The predicted molar refractivity (Wildman–Crippen MR) is 77.4 cm³/mol. The van der Waals surface area contributed by atoms with Crippen molar-refractivity contribution in [2.24, 2.45) is 0 Å². The summed E-state index contributed by atoms with van der Waals surface area (Å²) in [6.07, 6.45) is 3.72. The summed E-state index contributed by atoms with van der Waals surface area (Å²) >= 11 is 3.39. The van der Waals surface area contributed by atoms with Crippen molar-refractivity contribution < 1.29 is 4.39 Å². The third-order valence-electron chi connectivity index (χ3n) is 2.83. The molecule has 0 fully saturated rings. The summed E-state index contributed by atoms with van der Waals surface area (Å²) in [5.41, 5.74) is 1.03. The molecular weight excluding hydrogens is 309 g/mol. The van der Waals surface area contributed by atoms with Gasteiger partial charge < -0.3 is 9.88 Å². The number of hydrogen-bond donors (Lipinski definition) is 1. The van der Waals surface area contributed by atoms with E-state index in [1.807, 2.05) is 6.20 Å². The van der Waals surface area contributed by atoms with E-state index in [0.29, 0.717) is 12.6 Å². The molecule has 1 aromatic carbocycles. The van der Waals surface area contributed by atoms with Crippen molar-refractivity contribution in [3.8, 4) is 0 Å². The number of halogens is 2. The molecule has 3 nitrogen and oxygen atoms in total. The lowest BCUT2D eigenvalue weighted by molar-refractivity contribution is 0.554. The minimum absolute atomic E-state index is 0.233. The van der Waals surface area contributed by atoms with E-state index < -0.39 is 0 Å². The van der Waals surface area contributed by atoms with Crippen molar-refractivity contribution in [2.45, 2.75) is 33.0 Å². The fourth-order valence-corrected chi connectivity index (χ4v) is 2.26. The lowest BCUT2D eigenvalue weighted by atomic mass is 10.2. The summed E-state index contributed by atoms with van der Waals surface area (Å²) in [6.45, 7) is 5.60. The first-order valence-corrected chi connectivity index (χ1v) is 7.03. The van der Waals surface area contributed by atoms with Gasteiger partial charge in [-0.3, -0.25) is 0 Å². The van der Waals surface area contributed by atoms with Crippen LogP contribution in [0.25, 0.3) is 0 Å². The molecule has 5 heteroatoms. The van der Waals surface area contributed by atoms with Gasteiger partial charge in [0.1, 0.15) is 11.6 Å². The van der Waals surface area contributed by atoms with E-state index in [2.05, 4.69) is 44.6 Å². The Morgan fingerprint density at radius 2 is 2.21 bits per heavy atom. The molecular formula is C14H17BrFN3. The van der Waals surface area contributed by atoms with Crippen LogP contribution in [-0.4, -0.2) is 15.6 Å². The van der Waals surface area contributed by atoms with Crippen LogP contribution in [0.3, 0.4) is 0 Å². The number of aromatic nitrogens is 2. The monoisotopic (exact) mass is 325 g/mol. The zero-order valence-corrected chi connectivity index (χ0v) is 12.6. The minimum atomic E-state index is -0.233. The first-order chi connectivity index (χ1) is 9.06. The normalized spacial score (nSPS) is 11.2. The van der Waals surface area contributed by atoms with Crippen LogP contribution in [0.2, 0.25) is 0 Å². The van der Waals surface area contributed by atoms with Crippen molar-refractivity contribution in [3.05, 3.63) is 52.3 Å². The van der Waals surface area contributed by atoms with E-state index in [0.717, 1.165) is 22.4 Å². The first-order valence-electron chi connectivity index (χ1n) is 6.23. The summed E-state index contributed by atoms with van der Waals surface area (Å²) in [6, 6.07) is 5.17. The lowest BCUT2D eigenvalue weighted by Crippen LogP contribution is -2.24. The molecule has 1 heterocycles. The van der Waals surface area contributed by atoms with Crippen LogP contribution in [0.4, 0.5) is 4.39 Å². The predicted octanol–water partition coefficient (Wildman–Crippen LogP) is 3.33. The van der Waals surface area contributed by atoms with Gasteiger partial charge in [0.15, 0.2) is 0 Å². The maximum atomic E-state index is 13.1. The summed E-state index contributed by atoms with van der Waals surface area (Å²) in [7, 11) is 0. The van der Waals surface area contributed by atoms with Crippen LogP contribution in [0, 0.1) is 5.82 Å². The summed E-state index contributed by atoms with van der Waals surface area (Å²) in [5, 5.41) is 3.34.